The number of hydrogen-bond acceptors (Lipinski definition) is 8. The predicted octanol–water partition coefficient (Wildman–Crippen LogP) is 3.01. The second-order valence-corrected chi connectivity index (χ2v) is 6.94. The van der Waals surface area contributed by atoms with Gasteiger partial charge in [0, 0.05) is 17.4 Å². The van der Waals surface area contributed by atoms with E-state index in [1.165, 1.54) is 14.2 Å². The second kappa shape index (κ2) is 7.70. The van der Waals surface area contributed by atoms with Crippen LogP contribution in [0.15, 0.2) is 36.4 Å². The molecule has 2 aromatic carbocycles. The minimum atomic E-state index is -0.435. The Hall–Kier alpha value is -3.55. The molecule has 158 valence electrons. The molecule has 1 unspecified atom stereocenters. The van der Waals surface area contributed by atoms with Crippen LogP contribution in [0.25, 0.3) is 0 Å². The molecule has 4 rings (SSSR count). The van der Waals surface area contributed by atoms with Crippen LogP contribution in [-0.2, 0) is 9.53 Å². The van der Waals surface area contributed by atoms with Gasteiger partial charge in [0.15, 0.2) is 23.0 Å². The third-order valence-corrected chi connectivity index (χ3v) is 5.41. The van der Waals surface area contributed by atoms with Gasteiger partial charge in [0.05, 0.1) is 27.9 Å². The van der Waals surface area contributed by atoms with E-state index < -0.39 is 5.97 Å². The Labute approximate surface area is 173 Å². The molecule has 0 spiro atoms. The highest BCUT2D eigenvalue weighted by Gasteiger charge is 2.38. The molecule has 8 heteroatoms. The van der Waals surface area contributed by atoms with Gasteiger partial charge in [0.1, 0.15) is 0 Å². The smallest absolute Gasteiger partial charge is 0.333 e. The van der Waals surface area contributed by atoms with Crippen LogP contribution >= 0.6 is 0 Å². The van der Waals surface area contributed by atoms with Crippen LogP contribution in [0.3, 0.4) is 0 Å². The third kappa shape index (κ3) is 3.14. The summed E-state index contributed by atoms with van der Waals surface area (Å²) in [5.74, 6) is 0.812. The molecule has 8 nitrogen and oxygen atoms in total. The molecule has 2 aliphatic heterocycles. The number of aromatic hydroxyl groups is 1. The molecule has 0 saturated carbocycles. The number of ether oxygens (including phenoxy) is 6. The van der Waals surface area contributed by atoms with Crippen molar-refractivity contribution >= 4 is 5.97 Å². The van der Waals surface area contributed by atoms with Gasteiger partial charge in [-0.2, -0.15) is 0 Å². The van der Waals surface area contributed by atoms with Gasteiger partial charge < -0.3 is 33.5 Å². The van der Waals surface area contributed by atoms with Crippen molar-refractivity contribution in [2.75, 3.05) is 34.7 Å². The van der Waals surface area contributed by atoms with E-state index in [4.69, 9.17) is 28.4 Å². The topological polar surface area (TPSA) is 92.7 Å². The zero-order valence-electron chi connectivity index (χ0n) is 16.9. The van der Waals surface area contributed by atoms with Crippen LogP contribution in [0.5, 0.6) is 34.5 Å². The first-order chi connectivity index (χ1) is 14.5. The Morgan fingerprint density at radius 2 is 1.57 bits per heavy atom. The van der Waals surface area contributed by atoms with Crippen LogP contribution < -0.4 is 23.7 Å². The second-order valence-electron chi connectivity index (χ2n) is 6.94. The Balaban J connectivity index is 1.91. The average molecular weight is 414 g/mol. The fraction of sp³-hybridized carbons (Fsp3) is 0.318. The van der Waals surface area contributed by atoms with E-state index in [-0.39, 0.29) is 42.5 Å². The molecule has 0 amide bonds. The van der Waals surface area contributed by atoms with Gasteiger partial charge in [0.2, 0.25) is 18.3 Å². The lowest BCUT2D eigenvalue weighted by atomic mass is 9.78. The predicted molar refractivity (Wildman–Crippen MR) is 106 cm³/mol. The monoisotopic (exact) mass is 414 g/mol. The lowest BCUT2D eigenvalue weighted by molar-refractivity contribution is -0.135. The fourth-order valence-electron chi connectivity index (χ4n) is 3.89. The minimum Gasteiger partial charge on any atom is -0.502 e. The van der Waals surface area contributed by atoms with Crippen molar-refractivity contribution in [3.8, 4) is 34.5 Å². The molecule has 1 N–H and O–H groups in total. The Morgan fingerprint density at radius 3 is 2.13 bits per heavy atom. The van der Waals surface area contributed by atoms with E-state index in [1.54, 1.807) is 19.2 Å². The van der Waals surface area contributed by atoms with Gasteiger partial charge in [0.25, 0.3) is 0 Å². The molecule has 2 atom stereocenters. The van der Waals surface area contributed by atoms with Crippen molar-refractivity contribution in [3.63, 3.8) is 0 Å². The van der Waals surface area contributed by atoms with Gasteiger partial charge >= 0.3 is 5.97 Å². The molecule has 0 radical (unpaired) electrons. The zero-order valence-corrected chi connectivity index (χ0v) is 16.9. The normalized spacial score (nSPS) is 18.2. The van der Waals surface area contributed by atoms with Crippen LogP contribution in [0.4, 0.5) is 0 Å². The lowest BCUT2D eigenvalue weighted by Crippen LogP contribution is -2.17. The van der Waals surface area contributed by atoms with Crippen molar-refractivity contribution in [3.05, 3.63) is 47.5 Å². The van der Waals surface area contributed by atoms with Gasteiger partial charge in [-0.15, -0.1) is 0 Å². The maximum absolute atomic E-state index is 12.1. The largest absolute Gasteiger partial charge is 0.502 e. The van der Waals surface area contributed by atoms with Crippen LogP contribution in [-0.4, -0.2) is 45.8 Å². The van der Waals surface area contributed by atoms with E-state index in [0.29, 0.717) is 22.8 Å². The van der Waals surface area contributed by atoms with Gasteiger partial charge in [-0.1, -0.05) is 6.58 Å². The zero-order chi connectivity index (χ0) is 21.4. The SMILES string of the molecule is C=C1C(=O)OC[C@H]1C(c1cc(OC)c(O)c(OC)c1)c1cc(OC)c2c(c1)OCO2. The number of phenolic OH excluding ortho intramolecular Hbond substituents is 1. The number of esters is 1. The molecule has 0 bridgehead atoms. The number of fused-ring (bicyclic) bond motifs is 1. The van der Waals surface area contributed by atoms with Crippen molar-refractivity contribution in [2.45, 2.75) is 5.92 Å². The summed E-state index contributed by atoms with van der Waals surface area (Å²) in [6, 6.07) is 7.09. The van der Waals surface area contributed by atoms with E-state index >= 15 is 0 Å². The summed E-state index contributed by atoms with van der Waals surface area (Å²) in [5.41, 5.74) is 1.91. The summed E-state index contributed by atoms with van der Waals surface area (Å²) in [4.78, 5) is 12.1. The number of phenols is 1. The molecule has 2 aliphatic rings. The van der Waals surface area contributed by atoms with Crippen LogP contribution in [0.2, 0.25) is 0 Å². The van der Waals surface area contributed by atoms with Crippen molar-refractivity contribution in [1.29, 1.82) is 0 Å². The number of carbonyl (C=O) groups excluding carboxylic acids is 1. The summed E-state index contributed by atoms with van der Waals surface area (Å²) in [6.45, 7) is 4.20. The first-order valence-electron chi connectivity index (χ1n) is 9.26. The maximum atomic E-state index is 12.1. The number of methoxy groups -OCH3 is 3. The van der Waals surface area contributed by atoms with Crippen molar-refractivity contribution in [1.82, 2.24) is 0 Å². The first-order valence-corrected chi connectivity index (χ1v) is 9.26. The third-order valence-electron chi connectivity index (χ3n) is 5.41. The summed E-state index contributed by atoms with van der Waals surface area (Å²) < 4.78 is 32.5. The summed E-state index contributed by atoms with van der Waals surface area (Å²) in [7, 11) is 4.46. The average Bonchev–Trinajstić information content (AvgIpc) is 3.36. The van der Waals surface area contributed by atoms with E-state index in [1.807, 2.05) is 12.1 Å². The number of rotatable bonds is 6. The molecule has 2 aromatic rings. The molecule has 0 aliphatic carbocycles. The highest BCUT2D eigenvalue weighted by molar-refractivity contribution is 5.90. The summed E-state index contributed by atoms with van der Waals surface area (Å²) in [5, 5.41) is 10.3. The Kier molecular flexibility index (Phi) is 5.07. The minimum absolute atomic E-state index is 0.0956. The summed E-state index contributed by atoms with van der Waals surface area (Å²) in [6.07, 6.45) is 0. The molecule has 2 heterocycles. The summed E-state index contributed by atoms with van der Waals surface area (Å²) >= 11 is 0. The molecule has 1 saturated heterocycles. The number of benzene rings is 2. The van der Waals surface area contributed by atoms with E-state index in [2.05, 4.69) is 6.58 Å². The molecule has 0 aromatic heterocycles. The van der Waals surface area contributed by atoms with Gasteiger partial charge in [-0.05, 0) is 35.4 Å². The van der Waals surface area contributed by atoms with Gasteiger partial charge in [-0.25, -0.2) is 4.79 Å². The first kappa shape index (κ1) is 19.8. The fourth-order valence-corrected chi connectivity index (χ4v) is 3.89. The number of hydrogen-bond donors (Lipinski definition) is 1. The quantitative estimate of drug-likeness (QED) is 0.570. The number of carbonyl (C=O) groups is 1. The molecule has 1 fully saturated rings. The Bertz CT molecular complexity index is 973. The van der Waals surface area contributed by atoms with E-state index in [0.717, 1.165) is 11.1 Å². The standard InChI is InChI=1S/C22H22O8/c1-11-14(9-28-22(11)24)19(12-5-15(25-2)20(23)16(6-12)26-3)13-7-17(27-4)21-18(8-13)29-10-30-21/h5-8,14,19,23H,1,9-10H2,2-4H3/t14-,19?/m1/s1. The number of cyclic esters (lactones) is 1. The van der Waals surface area contributed by atoms with Gasteiger partial charge in [-0.3, -0.25) is 0 Å². The van der Waals surface area contributed by atoms with Crippen molar-refractivity contribution in [2.24, 2.45) is 5.92 Å². The maximum Gasteiger partial charge on any atom is 0.333 e. The molecular weight excluding hydrogens is 392 g/mol. The van der Waals surface area contributed by atoms with Crippen LogP contribution in [0, 0.1) is 5.92 Å². The highest BCUT2D eigenvalue weighted by Crippen LogP contribution is 2.49. The molecular formula is C22H22O8. The van der Waals surface area contributed by atoms with Crippen LogP contribution in [0.1, 0.15) is 17.0 Å². The van der Waals surface area contributed by atoms with E-state index in [9.17, 15) is 9.90 Å². The lowest BCUT2D eigenvalue weighted by Gasteiger charge is -2.25. The molecule has 30 heavy (non-hydrogen) atoms. The Morgan fingerprint density at radius 1 is 0.967 bits per heavy atom. The highest BCUT2D eigenvalue weighted by atomic mass is 16.7. The van der Waals surface area contributed by atoms with Crippen molar-refractivity contribution < 1.29 is 38.3 Å².